The Kier molecular flexibility index (Phi) is 3.51. The summed E-state index contributed by atoms with van der Waals surface area (Å²) in [4.78, 5) is 4.65. The highest BCUT2D eigenvalue weighted by Crippen LogP contribution is 2.30. The summed E-state index contributed by atoms with van der Waals surface area (Å²) in [5.74, 6) is 0.534. The molecule has 2 aromatic rings. The van der Waals surface area contributed by atoms with E-state index >= 15 is 0 Å². The van der Waals surface area contributed by atoms with Crippen LogP contribution in [0.15, 0.2) is 48.7 Å². The molecular formula is C17H21N. The van der Waals surface area contributed by atoms with E-state index in [0.717, 1.165) is 5.69 Å². The largest absolute Gasteiger partial charge is 0.260 e. The third-order valence-corrected chi connectivity index (χ3v) is 3.59. The van der Waals surface area contributed by atoms with Gasteiger partial charge in [0.05, 0.1) is 5.69 Å². The predicted octanol–water partition coefficient (Wildman–Crippen LogP) is 4.53. The second kappa shape index (κ2) is 4.93. The van der Waals surface area contributed by atoms with E-state index in [4.69, 9.17) is 0 Å². The molecule has 94 valence electrons. The molecular weight excluding hydrogens is 218 g/mol. The highest BCUT2D eigenvalue weighted by Gasteiger charge is 2.24. The molecule has 0 unspecified atom stereocenters. The highest BCUT2D eigenvalue weighted by molar-refractivity contribution is 5.34. The molecule has 0 atom stereocenters. The lowest BCUT2D eigenvalue weighted by Gasteiger charge is -2.25. The van der Waals surface area contributed by atoms with Crippen LogP contribution in [0.25, 0.3) is 0 Å². The van der Waals surface area contributed by atoms with Crippen molar-refractivity contribution in [2.45, 2.75) is 39.0 Å². The van der Waals surface area contributed by atoms with Crippen LogP contribution in [0.3, 0.4) is 0 Å². The van der Waals surface area contributed by atoms with Gasteiger partial charge >= 0.3 is 0 Å². The van der Waals surface area contributed by atoms with Gasteiger partial charge in [-0.05, 0) is 23.1 Å². The summed E-state index contributed by atoms with van der Waals surface area (Å²) in [7, 11) is 0. The molecule has 0 amide bonds. The summed E-state index contributed by atoms with van der Waals surface area (Å²) in [5, 5.41) is 0. The Morgan fingerprint density at radius 2 is 1.61 bits per heavy atom. The van der Waals surface area contributed by atoms with E-state index in [-0.39, 0.29) is 5.41 Å². The Bertz CT molecular complexity index is 495. The topological polar surface area (TPSA) is 12.9 Å². The van der Waals surface area contributed by atoms with E-state index in [0.29, 0.717) is 5.92 Å². The molecule has 1 aromatic carbocycles. The van der Waals surface area contributed by atoms with Gasteiger partial charge in [-0.15, -0.1) is 0 Å². The van der Waals surface area contributed by atoms with E-state index in [1.807, 2.05) is 6.20 Å². The first-order chi connectivity index (χ1) is 8.51. The zero-order valence-corrected chi connectivity index (χ0v) is 11.6. The average Bonchev–Trinajstić information content (AvgIpc) is 2.40. The smallest absolute Gasteiger partial charge is 0.0503 e. The Hall–Kier alpha value is -1.63. The average molecular weight is 239 g/mol. The van der Waals surface area contributed by atoms with Gasteiger partial charge in [0.25, 0.3) is 0 Å². The molecule has 0 bridgehead atoms. The Morgan fingerprint density at radius 3 is 2.11 bits per heavy atom. The molecule has 1 heteroatoms. The van der Waals surface area contributed by atoms with Crippen LogP contribution in [0.1, 0.15) is 50.4 Å². The number of nitrogens with zero attached hydrogens (tertiary/aromatic N) is 1. The normalized spacial score (nSPS) is 11.8. The Labute approximate surface area is 110 Å². The van der Waals surface area contributed by atoms with Crippen molar-refractivity contribution in [2.75, 3.05) is 0 Å². The Morgan fingerprint density at radius 1 is 0.944 bits per heavy atom. The van der Waals surface area contributed by atoms with Crippen LogP contribution < -0.4 is 0 Å². The molecule has 0 saturated carbocycles. The van der Waals surface area contributed by atoms with Crippen molar-refractivity contribution >= 4 is 0 Å². The summed E-state index contributed by atoms with van der Waals surface area (Å²) < 4.78 is 0. The van der Waals surface area contributed by atoms with Gasteiger partial charge in [0, 0.05) is 11.6 Å². The molecule has 0 aliphatic heterocycles. The first-order valence-electron chi connectivity index (χ1n) is 6.54. The van der Waals surface area contributed by atoms with Crippen LogP contribution in [0, 0.1) is 0 Å². The first kappa shape index (κ1) is 12.8. The van der Waals surface area contributed by atoms with Crippen molar-refractivity contribution in [1.82, 2.24) is 4.98 Å². The maximum atomic E-state index is 4.65. The van der Waals surface area contributed by atoms with Crippen LogP contribution in [0.4, 0.5) is 0 Å². The summed E-state index contributed by atoms with van der Waals surface area (Å²) in [6.07, 6.45) is 2.00. The van der Waals surface area contributed by atoms with Crippen molar-refractivity contribution in [2.24, 2.45) is 0 Å². The second-order valence-corrected chi connectivity index (χ2v) is 5.62. The van der Waals surface area contributed by atoms with Crippen LogP contribution >= 0.6 is 0 Å². The van der Waals surface area contributed by atoms with E-state index in [1.165, 1.54) is 11.1 Å². The van der Waals surface area contributed by atoms with Gasteiger partial charge in [-0.1, -0.05) is 64.1 Å². The van der Waals surface area contributed by atoms with Gasteiger partial charge in [-0.25, -0.2) is 0 Å². The van der Waals surface area contributed by atoms with Gasteiger partial charge in [0.2, 0.25) is 0 Å². The minimum atomic E-state index is -0.0449. The number of rotatable bonds is 3. The molecule has 1 heterocycles. The van der Waals surface area contributed by atoms with Crippen molar-refractivity contribution in [1.29, 1.82) is 0 Å². The molecule has 1 nitrogen and oxygen atoms in total. The van der Waals surface area contributed by atoms with Crippen LogP contribution in [0.2, 0.25) is 0 Å². The maximum Gasteiger partial charge on any atom is 0.0503 e. The van der Waals surface area contributed by atoms with Crippen molar-refractivity contribution in [3.63, 3.8) is 0 Å². The molecule has 0 spiro atoms. The zero-order valence-electron chi connectivity index (χ0n) is 11.6. The lowest BCUT2D eigenvalue weighted by Crippen LogP contribution is -2.20. The molecule has 0 saturated heterocycles. The fourth-order valence-electron chi connectivity index (χ4n) is 2.12. The molecule has 0 radical (unpaired) electrons. The highest BCUT2D eigenvalue weighted by atomic mass is 14.7. The van der Waals surface area contributed by atoms with Gasteiger partial charge < -0.3 is 0 Å². The van der Waals surface area contributed by atoms with E-state index in [9.17, 15) is 0 Å². The second-order valence-electron chi connectivity index (χ2n) is 5.62. The number of hydrogen-bond acceptors (Lipinski definition) is 1. The van der Waals surface area contributed by atoms with Crippen LogP contribution in [0.5, 0.6) is 0 Å². The van der Waals surface area contributed by atoms with Gasteiger partial charge in [-0.3, -0.25) is 4.98 Å². The molecule has 0 aliphatic carbocycles. The molecule has 18 heavy (non-hydrogen) atoms. The minimum absolute atomic E-state index is 0.0449. The third kappa shape index (κ3) is 2.45. The lowest BCUT2D eigenvalue weighted by atomic mass is 9.81. The van der Waals surface area contributed by atoms with Gasteiger partial charge in [-0.2, -0.15) is 0 Å². The quantitative estimate of drug-likeness (QED) is 0.766. The first-order valence-corrected chi connectivity index (χ1v) is 6.54. The fourth-order valence-corrected chi connectivity index (χ4v) is 2.12. The monoisotopic (exact) mass is 239 g/mol. The zero-order chi connectivity index (χ0) is 13.2. The predicted molar refractivity (Wildman–Crippen MR) is 76.9 cm³/mol. The number of hydrogen-bond donors (Lipinski definition) is 0. The molecule has 0 aliphatic rings. The van der Waals surface area contributed by atoms with Crippen LogP contribution in [-0.2, 0) is 5.41 Å². The third-order valence-electron chi connectivity index (χ3n) is 3.59. The number of pyridine rings is 1. The molecule has 1 aromatic heterocycles. The lowest BCUT2D eigenvalue weighted by molar-refractivity contribution is 0.615. The fraction of sp³-hybridized carbons (Fsp3) is 0.353. The summed E-state index contributed by atoms with van der Waals surface area (Å²) in [6.45, 7) is 8.83. The van der Waals surface area contributed by atoms with Crippen molar-refractivity contribution in [3.05, 3.63) is 65.5 Å². The van der Waals surface area contributed by atoms with Gasteiger partial charge in [0.15, 0.2) is 0 Å². The van der Waals surface area contributed by atoms with Crippen molar-refractivity contribution < 1.29 is 0 Å². The van der Waals surface area contributed by atoms with E-state index in [2.05, 4.69) is 75.1 Å². The number of benzene rings is 1. The minimum Gasteiger partial charge on any atom is -0.260 e. The van der Waals surface area contributed by atoms with E-state index in [1.54, 1.807) is 0 Å². The standard InChI is InChI=1S/C17H21N/c1-13(2)14-10-11-16(18-12-14)17(3,4)15-8-6-5-7-9-15/h5-13H,1-4H3. The summed E-state index contributed by atoms with van der Waals surface area (Å²) in [6, 6.07) is 14.9. The van der Waals surface area contributed by atoms with Crippen molar-refractivity contribution in [3.8, 4) is 0 Å². The summed E-state index contributed by atoms with van der Waals surface area (Å²) >= 11 is 0. The number of aromatic nitrogens is 1. The Balaban J connectivity index is 2.36. The molecule has 2 rings (SSSR count). The molecule has 0 N–H and O–H groups in total. The summed E-state index contributed by atoms with van der Waals surface area (Å²) in [5.41, 5.74) is 3.67. The SMILES string of the molecule is CC(C)c1ccc(C(C)(C)c2ccccc2)nc1. The van der Waals surface area contributed by atoms with Gasteiger partial charge in [0.1, 0.15) is 0 Å². The van der Waals surface area contributed by atoms with Crippen LogP contribution in [-0.4, -0.2) is 4.98 Å². The maximum absolute atomic E-state index is 4.65. The molecule has 0 fully saturated rings. The van der Waals surface area contributed by atoms with E-state index < -0.39 is 0 Å².